The molecule has 4 nitrogen and oxygen atoms in total. The van der Waals surface area contributed by atoms with Crippen LogP contribution in [0.3, 0.4) is 0 Å². The fourth-order valence-electron chi connectivity index (χ4n) is 5.93. The van der Waals surface area contributed by atoms with Crippen LogP contribution in [0.25, 0.3) is 0 Å². The van der Waals surface area contributed by atoms with Gasteiger partial charge in [-0.1, -0.05) is 183 Å². The summed E-state index contributed by atoms with van der Waals surface area (Å²) in [5, 5.41) is 22.9. The topological polar surface area (TPSA) is 69.6 Å². The summed E-state index contributed by atoms with van der Waals surface area (Å²) >= 11 is 0. The zero-order valence-corrected chi connectivity index (χ0v) is 32.9. The van der Waals surface area contributed by atoms with Gasteiger partial charge in [0.15, 0.2) is 0 Å². The molecule has 0 spiro atoms. The van der Waals surface area contributed by atoms with Crippen molar-refractivity contribution in [2.24, 2.45) is 0 Å². The van der Waals surface area contributed by atoms with Crippen LogP contribution < -0.4 is 5.32 Å². The Morgan fingerprint density at radius 1 is 0.500 bits per heavy atom. The van der Waals surface area contributed by atoms with Crippen molar-refractivity contribution in [3.8, 4) is 0 Å². The lowest BCUT2D eigenvalue weighted by Gasteiger charge is -2.19. The maximum absolute atomic E-state index is 12.3. The van der Waals surface area contributed by atoms with Crippen molar-refractivity contribution >= 4 is 5.91 Å². The molecule has 0 aliphatic carbocycles. The predicted octanol–water partition coefficient (Wildman–Crippen LogP) is 13.1. The maximum atomic E-state index is 12.3. The van der Waals surface area contributed by atoms with Crippen LogP contribution in [0, 0.1) is 0 Å². The average molecular weight is 696 g/mol. The lowest BCUT2D eigenvalue weighted by atomic mass is 10.0. The summed E-state index contributed by atoms with van der Waals surface area (Å²) in [5.74, 6) is -0.110. The summed E-state index contributed by atoms with van der Waals surface area (Å²) in [5.41, 5.74) is 0. The number of nitrogens with one attached hydrogen (secondary N) is 1. The maximum Gasteiger partial charge on any atom is 0.220 e. The monoisotopic (exact) mass is 696 g/mol. The van der Waals surface area contributed by atoms with E-state index in [1.165, 1.54) is 103 Å². The molecule has 288 valence electrons. The SMILES string of the molecule is CC/C=C\C/C=C\C/C=C\CCCCCC(=O)NC(CO)C(O)/C=C/CC/C=C/CC/C=C/CCCCCCCCCCCCCCCCC. The number of rotatable bonds is 37. The van der Waals surface area contributed by atoms with E-state index in [1.54, 1.807) is 6.08 Å². The van der Waals surface area contributed by atoms with Crippen LogP contribution in [-0.4, -0.2) is 34.9 Å². The van der Waals surface area contributed by atoms with E-state index in [0.29, 0.717) is 6.42 Å². The van der Waals surface area contributed by atoms with Gasteiger partial charge >= 0.3 is 0 Å². The third-order valence-corrected chi connectivity index (χ3v) is 9.15. The third-order valence-electron chi connectivity index (χ3n) is 9.15. The third kappa shape index (κ3) is 37.1. The minimum Gasteiger partial charge on any atom is -0.394 e. The fraction of sp³-hybridized carbons (Fsp3) is 0.717. The molecular weight excluding hydrogens is 615 g/mol. The van der Waals surface area contributed by atoms with Crippen LogP contribution in [-0.2, 0) is 4.79 Å². The van der Waals surface area contributed by atoms with Crippen molar-refractivity contribution in [3.63, 3.8) is 0 Å². The highest BCUT2D eigenvalue weighted by molar-refractivity contribution is 5.76. The number of hydrogen-bond donors (Lipinski definition) is 3. The van der Waals surface area contributed by atoms with Crippen LogP contribution >= 0.6 is 0 Å². The average Bonchev–Trinajstić information content (AvgIpc) is 3.12. The van der Waals surface area contributed by atoms with E-state index in [0.717, 1.165) is 70.6 Å². The minimum absolute atomic E-state index is 0.110. The van der Waals surface area contributed by atoms with Crippen LogP contribution in [0.4, 0.5) is 0 Å². The molecular formula is C46H81NO3. The highest BCUT2D eigenvalue weighted by Crippen LogP contribution is 2.14. The molecule has 0 heterocycles. The normalized spacial score (nSPS) is 13.8. The largest absolute Gasteiger partial charge is 0.394 e. The summed E-state index contributed by atoms with van der Waals surface area (Å²) < 4.78 is 0. The first kappa shape index (κ1) is 47.8. The lowest BCUT2D eigenvalue weighted by molar-refractivity contribution is -0.123. The first-order valence-electron chi connectivity index (χ1n) is 21.2. The number of aliphatic hydroxyl groups is 2. The van der Waals surface area contributed by atoms with Crippen molar-refractivity contribution in [2.75, 3.05) is 6.61 Å². The van der Waals surface area contributed by atoms with Gasteiger partial charge in [0.25, 0.3) is 0 Å². The number of carbonyl (C=O) groups excluding carboxylic acids is 1. The second-order valence-electron chi connectivity index (χ2n) is 14.0. The minimum atomic E-state index is -0.885. The molecule has 0 saturated carbocycles. The van der Waals surface area contributed by atoms with Gasteiger partial charge in [-0.05, 0) is 77.0 Å². The standard InChI is InChI=1S/C46H81NO3/c1-3-5-7-9-11-13-15-17-18-19-20-21-22-23-24-25-26-27-28-30-31-33-35-37-39-41-45(49)44(43-48)47-46(50)42-40-38-36-34-32-29-16-14-12-10-8-6-4-2/h6,8,12,14,26-27,29,31-33,39,41,44-45,48-49H,3-5,7,9-11,13,15-25,28,30,34-38,40,42-43H2,1-2H3,(H,47,50)/b8-6-,14-12-,27-26+,32-29-,33-31+,41-39+. The number of hydrogen-bond acceptors (Lipinski definition) is 3. The van der Waals surface area contributed by atoms with Crippen molar-refractivity contribution in [1.29, 1.82) is 0 Å². The van der Waals surface area contributed by atoms with Crippen LogP contribution in [0.1, 0.15) is 194 Å². The molecule has 0 aromatic rings. The van der Waals surface area contributed by atoms with Gasteiger partial charge in [0.1, 0.15) is 0 Å². The molecule has 1 amide bonds. The summed E-state index contributed by atoms with van der Waals surface area (Å²) in [7, 11) is 0. The molecule has 0 aliphatic rings. The van der Waals surface area contributed by atoms with E-state index in [-0.39, 0.29) is 12.5 Å². The molecule has 4 heteroatoms. The Morgan fingerprint density at radius 3 is 1.40 bits per heavy atom. The Kier molecular flexibility index (Phi) is 39.5. The van der Waals surface area contributed by atoms with Crippen molar-refractivity contribution in [2.45, 2.75) is 206 Å². The summed E-state index contributed by atoms with van der Waals surface area (Å²) in [6, 6.07) is -0.663. The molecule has 3 N–H and O–H groups in total. The van der Waals surface area contributed by atoms with E-state index in [2.05, 4.69) is 79.9 Å². The molecule has 0 radical (unpaired) electrons. The second-order valence-corrected chi connectivity index (χ2v) is 14.0. The number of unbranched alkanes of at least 4 members (excludes halogenated alkanes) is 20. The smallest absolute Gasteiger partial charge is 0.220 e. The highest BCUT2D eigenvalue weighted by Gasteiger charge is 2.17. The second kappa shape index (κ2) is 41.3. The fourth-order valence-corrected chi connectivity index (χ4v) is 5.93. The van der Waals surface area contributed by atoms with Crippen molar-refractivity contribution in [3.05, 3.63) is 72.9 Å². The van der Waals surface area contributed by atoms with Crippen molar-refractivity contribution < 1.29 is 15.0 Å². The molecule has 0 saturated heterocycles. The first-order chi connectivity index (χ1) is 24.7. The van der Waals surface area contributed by atoms with Gasteiger partial charge in [-0.3, -0.25) is 4.79 Å². The van der Waals surface area contributed by atoms with E-state index in [9.17, 15) is 15.0 Å². The van der Waals surface area contributed by atoms with Gasteiger partial charge in [0.2, 0.25) is 5.91 Å². The van der Waals surface area contributed by atoms with E-state index in [1.807, 2.05) is 6.08 Å². The van der Waals surface area contributed by atoms with Crippen LogP contribution in [0.15, 0.2) is 72.9 Å². The van der Waals surface area contributed by atoms with Crippen LogP contribution in [0.2, 0.25) is 0 Å². The molecule has 0 aliphatic heterocycles. The Balaban J connectivity index is 3.68. The van der Waals surface area contributed by atoms with Crippen molar-refractivity contribution in [1.82, 2.24) is 5.32 Å². The molecule has 2 atom stereocenters. The van der Waals surface area contributed by atoms with E-state index in [4.69, 9.17) is 0 Å². The quantitative estimate of drug-likeness (QED) is 0.0447. The van der Waals surface area contributed by atoms with Gasteiger partial charge in [-0.15, -0.1) is 0 Å². The Morgan fingerprint density at radius 2 is 0.900 bits per heavy atom. The molecule has 0 rings (SSSR count). The highest BCUT2D eigenvalue weighted by atomic mass is 16.3. The summed E-state index contributed by atoms with van der Waals surface area (Å²) in [6.07, 6.45) is 58.7. The molecule has 0 fully saturated rings. The summed E-state index contributed by atoms with van der Waals surface area (Å²) in [6.45, 7) is 4.15. The molecule has 0 aromatic heterocycles. The first-order valence-corrected chi connectivity index (χ1v) is 21.2. The number of carbonyl (C=O) groups is 1. The Labute approximate surface area is 310 Å². The number of aliphatic hydroxyl groups excluding tert-OH is 2. The zero-order chi connectivity index (χ0) is 36.4. The Hall–Kier alpha value is -2.17. The van der Waals surface area contributed by atoms with E-state index >= 15 is 0 Å². The van der Waals surface area contributed by atoms with Gasteiger partial charge in [-0.2, -0.15) is 0 Å². The number of allylic oxidation sites excluding steroid dienone is 11. The lowest BCUT2D eigenvalue weighted by Crippen LogP contribution is -2.45. The van der Waals surface area contributed by atoms with Gasteiger partial charge in [0.05, 0.1) is 18.8 Å². The van der Waals surface area contributed by atoms with Crippen LogP contribution in [0.5, 0.6) is 0 Å². The molecule has 0 bridgehead atoms. The van der Waals surface area contributed by atoms with Gasteiger partial charge < -0.3 is 15.5 Å². The predicted molar refractivity (Wildman–Crippen MR) is 220 cm³/mol. The van der Waals surface area contributed by atoms with Gasteiger partial charge in [0, 0.05) is 6.42 Å². The molecule has 50 heavy (non-hydrogen) atoms. The molecule has 0 aromatic carbocycles. The number of amides is 1. The summed E-state index contributed by atoms with van der Waals surface area (Å²) in [4.78, 5) is 12.3. The Bertz CT molecular complexity index is 884. The van der Waals surface area contributed by atoms with E-state index < -0.39 is 12.1 Å². The zero-order valence-electron chi connectivity index (χ0n) is 32.9. The van der Waals surface area contributed by atoms with Gasteiger partial charge in [-0.25, -0.2) is 0 Å². The molecule has 2 unspecified atom stereocenters.